The van der Waals surface area contributed by atoms with E-state index in [-0.39, 0.29) is 0 Å². The molecule has 4 nitrogen and oxygen atoms in total. The Labute approximate surface area is 130 Å². The molecule has 0 spiro atoms. The van der Waals surface area contributed by atoms with Crippen molar-refractivity contribution in [1.29, 1.82) is 0 Å². The Morgan fingerprint density at radius 3 is 2.95 bits per heavy atom. The van der Waals surface area contributed by atoms with Gasteiger partial charge in [0.25, 0.3) is 0 Å². The van der Waals surface area contributed by atoms with Crippen LogP contribution in [0.4, 0.5) is 5.82 Å². The lowest BCUT2D eigenvalue weighted by molar-refractivity contribution is 0.0439. The number of nitrogens with zero attached hydrogens (tertiary/aromatic N) is 3. The van der Waals surface area contributed by atoms with E-state index in [0.717, 1.165) is 55.2 Å². The average molecular weight is 342 g/mol. The van der Waals surface area contributed by atoms with Crippen LogP contribution in [-0.2, 0) is 4.74 Å². The van der Waals surface area contributed by atoms with E-state index in [2.05, 4.69) is 46.6 Å². The average Bonchev–Trinajstić information content (AvgIpc) is 2.44. The predicted octanol–water partition coefficient (Wildman–Crippen LogP) is 3.76. The highest BCUT2D eigenvalue weighted by Crippen LogP contribution is 2.24. The van der Waals surface area contributed by atoms with E-state index >= 15 is 0 Å². The summed E-state index contributed by atoms with van der Waals surface area (Å²) in [5.41, 5.74) is 0. The molecule has 2 rings (SSSR count). The highest BCUT2D eigenvalue weighted by molar-refractivity contribution is 9.10. The zero-order chi connectivity index (χ0) is 14.5. The molecular formula is C15H24BrN3O. The molecule has 20 heavy (non-hydrogen) atoms. The molecule has 0 aromatic carbocycles. The van der Waals surface area contributed by atoms with Gasteiger partial charge in [-0.3, -0.25) is 0 Å². The Balaban J connectivity index is 2.10. The van der Waals surface area contributed by atoms with Crippen LogP contribution in [-0.4, -0.2) is 35.8 Å². The van der Waals surface area contributed by atoms with E-state index in [0.29, 0.717) is 12.0 Å². The molecule has 0 aliphatic carbocycles. The molecule has 2 heterocycles. The Morgan fingerprint density at radius 1 is 1.45 bits per heavy atom. The summed E-state index contributed by atoms with van der Waals surface area (Å²) in [6, 6.07) is 2.01. The minimum Gasteiger partial charge on any atom is -0.376 e. The molecule has 0 N–H and O–H groups in total. The van der Waals surface area contributed by atoms with E-state index in [9.17, 15) is 0 Å². The first kappa shape index (κ1) is 15.7. The first-order chi connectivity index (χ1) is 9.60. The van der Waals surface area contributed by atoms with Crippen molar-refractivity contribution in [3.8, 4) is 0 Å². The normalized spacial score (nSPS) is 19.6. The van der Waals surface area contributed by atoms with Gasteiger partial charge in [-0.25, -0.2) is 9.97 Å². The second-order valence-electron chi connectivity index (χ2n) is 5.64. The van der Waals surface area contributed by atoms with Crippen LogP contribution in [0.5, 0.6) is 0 Å². The Bertz CT molecular complexity index is 439. The first-order valence-electron chi connectivity index (χ1n) is 7.51. The maximum atomic E-state index is 5.89. The molecule has 0 saturated carbocycles. The van der Waals surface area contributed by atoms with E-state index in [4.69, 9.17) is 9.72 Å². The number of anilines is 1. The van der Waals surface area contributed by atoms with Gasteiger partial charge in [-0.15, -0.1) is 0 Å². The monoisotopic (exact) mass is 341 g/mol. The van der Waals surface area contributed by atoms with E-state index in [1.54, 1.807) is 0 Å². The van der Waals surface area contributed by atoms with Gasteiger partial charge in [0, 0.05) is 31.7 Å². The van der Waals surface area contributed by atoms with Gasteiger partial charge >= 0.3 is 0 Å². The van der Waals surface area contributed by atoms with Crippen molar-refractivity contribution in [2.24, 2.45) is 0 Å². The smallest absolute Gasteiger partial charge is 0.134 e. The quantitative estimate of drug-likeness (QED) is 0.764. The van der Waals surface area contributed by atoms with Crippen molar-refractivity contribution in [2.45, 2.75) is 52.1 Å². The van der Waals surface area contributed by atoms with Crippen molar-refractivity contribution in [3.63, 3.8) is 0 Å². The number of aromatic nitrogens is 2. The summed E-state index contributed by atoms with van der Waals surface area (Å²) in [4.78, 5) is 11.5. The second kappa shape index (κ2) is 7.36. The van der Waals surface area contributed by atoms with Gasteiger partial charge in [0.15, 0.2) is 0 Å². The third-order valence-corrected chi connectivity index (χ3v) is 3.88. The van der Waals surface area contributed by atoms with Crippen molar-refractivity contribution < 1.29 is 4.74 Å². The third-order valence-electron chi connectivity index (χ3n) is 3.47. The van der Waals surface area contributed by atoms with E-state index in [1.165, 1.54) is 0 Å². The molecule has 1 atom stereocenters. The van der Waals surface area contributed by atoms with Crippen LogP contribution in [0, 0.1) is 0 Å². The van der Waals surface area contributed by atoms with E-state index < -0.39 is 0 Å². The minimum atomic E-state index is 0.333. The first-order valence-corrected chi connectivity index (χ1v) is 8.30. The highest BCUT2D eigenvalue weighted by Gasteiger charge is 2.22. The van der Waals surface area contributed by atoms with Crippen LogP contribution in [0.25, 0.3) is 0 Å². The fourth-order valence-corrected chi connectivity index (χ4v) is 2.80. The second-order valence-corrected chi connectivity index (χ2v) is 6.46. The van der Waals surface area contributed by atoms with Crippen LogP contribution in [0.3, 0.4) is 0 Å². The maximum Gasteiger partial charge on any atom is 0.134 e. The largest absolute Gasteiger partial charge is 0.376 e. The third kappa shape index (κ3) is 4.16. The Hall–Kier alpha value is -0.680. The molecule has 1 saturated heterocycles. The fourth-order valence-electron chi connectivity index (χ4n) is 2.41. The van der Waals surface area contributed by atoms with Gasteiger partial charge in [0.2, 0.25) is 0 Å². The summed E-state index contributed by atoms with van der Waals surface area (Å²) in [7, 11) is 0. The van der Waals surface area contributed by atoms with Crippen molar-refractivity contribution in [2.75, 3.05) is 24.6 Å². The number of rotatable bonds is 5. The fraction of sp³-hybridized carbons (Fsp3) is 0.733. The van der Waals surface area contributed by atoms with Gasteiger partial charge in [-0.1, -0.05) is 20.8 Å². The molecule has 0 bridgehead atoms. The van der Waals surface area contributed by atoms with Gasteiger partial charge in [0.05, 0.1) is 6.10 Å². The summed E-state index contributed by atoms with van der Waals surface area (Å²) >= 11 is 3.50. The lowest BCUT2D eigenvalue weighted by Gasteiger charge is -2.33. The number of piperidine rings is 1. The molecule has 112 valence electrons. The molecule has 1 fully saturated rings. The SMILES string of the molecule is CCCOC1CCCN(c2cc(Br)nc(C(C)C)n2)C1. The zero-order valence-corrected chi connectivity index (χ0v) is 14.2. The molecule has 1 aliphatic rings. The molecular weight excluding hydrogens is 318 g/mol. The molecule has 5 heteroatoms. The van der Waals surface area contributed by atoms with Crippen molar-refractivity contribution >= 4 is 21.7 Å². The van der Waals surface area contributed by atoms with Crippen LogP contribution in [0.1, 0.15) is 51.8 Å². The summed E-state index contributed by atoms with van der Waals surface area (Å²) in [5.74, 6) is 2.24. The van der Waals surface area contributed by atoms with Gasteiger partial charge < -0.3 is 9.64 Å². The van der Waals surface area contributed by atoms with Crippen molar-refractivity contribution in [3.05, 3.63) is 16.5 Å². The highest BCUT2D eigenvalue weighted by atomic mass is 79.9. The molecule has 1 aromatic rings. The standard InChI is InChI=1S/C15H24BrN3O/c1-4-8-20-12-6-5-7-19(10-12)14-9-13(16)17-15(18-14)11(2)3/h9,11-12H,4-8,10H2,1-3H3. The molecule has 1 aliphatic heterocycles. The predicted molar refractivity (Wildman–Crippen MR) is 85.3 cm³/mol. The Morgan fingerprint density at radius 2 is 2.25 bits per heavy atom. The summed E-state index contributed by atoms with van der Waals surface area (Å²) in [6.45, 7) is 9.22. The molecule has 1 aromatic heterocycles. The number of hydrogen-bond acceptors (Lipinski definition) is 4. The number of halogens is 1. The van der Waals surface area contributed by atoms with Crippen molar-refractivity contribution in [1.82, 2.24) is 9.97 Å². The van der Waals surface area contributed by atoms with Gasteiger partial charge in [0.1, 0.15) is 16.2 Å². The van der Waals surface area contributed by atoms with Gasteiger partial charge in [-0.2, -0.15) is 0 Å². The number of hydrogen-bond donors (Lipinski definition) is 0. The van der Waals surface area contributed by atoms with Crippen LogP contribution >= 0.6 is 15.9 Å². The molecule has 0 amide bonds. The lowest BCUT2D eigenvalue weighted by atomic mass is 10.1. The maximum absolute atomic E-state index is 5.89. The summed E-state index contributed by atoms with van der Waals surface area (Å²) in [5, 5.41) is 0. The van der Waals surface area contributed by atoms with Crippen LogP contribution < -0.4 is 4.90 Å². The summed E-state index contributed by atoms with van der Waals surface area (Å²) in [6.07, 6.45) is 3.72. The zero-order valence-electron chi connectivity index (χ0n) is 12.6. The lowest BCUT2D eigenvalue weighted by Crippen LogP contribution is -2.40. The molecule has 0 radical (unpaired) electrons. The van der Waals surface area contributed by atoms with Crippen LogP contribution in [0.2, 0.25) is 0 Å². The number of ether oxygens (including phenoxy) is 1. The Kier molecular flexibility index (Phi) is 5.78. The van der Waals surface area contributed by atoms with Gasteiger partial charge in [-0.05, 0) is 35.2 Å². The minimum absolute atomic E-state index is 0.333. The summed E-state index contributed by atoms with van der Waals surface area (Å²) < 4.78 is 6.76. The van der Waals surface area contributed by atoms with Crippen LogP contribution in [0.15, 0.2) is 10.7 Å². The molecule has 1 unspecified atom stereocenters. The topological polar surface area (TPSA) is 38.2 Å². The van der Waals surface area contributed by atoms with E-state index in [1.807, 2.05) is 6.07 Å².